The quantitative estimate of drug-likeness (QED) is 0.854. The van der Waals surface area contributed by atoms with Gasteiger partial charge in [-0.15, -0.1) is 0 Å². The van der Waals surface area contributed by atoms with Crippen molar-refractivity contribution in [3.63, 3.8) is 0 Å². The van der Waals surface area contributed by atoms with Crippen molar-refractivity contribution < 1.29 is 13.2 Å². The third-order valence-corrected chi connectivity index (χ3v) is 7.38. The van der Waals surface area contributed by atoms with E-state index < -0.39 is 10.0 Å². The second-order valence-electron chi connectivity index (χ2n) is 7.78. The number of piperidine rings is 1. The zero-order valence-corrected chi connectivity index (χ0v) is 15.0. The van der Waals surface area contributed by atoms with E-state index in [1.807, 2.05) is 0 Å². The van der Waals surface area contributed by atoms with Gasteiger partial charge >= 0.3 is 0 Å². The van der Waals surface area contributed by atoms with Crippen molar-refractivity contribution in [3.05, 3.63) is 0 Å². The van der Waals surface area contributed by atoms with E-state index in [9.17, 15) is 13.2 Å². The van der Waals surface area contributed by atoms with Gasteiger partial charge in [0.2, 0.25) is 15.9 Å². The van der Waals surface area contributed by atoms with Crippen molar-refractivity contribution in [2.24, 2.45) is 17.8 Å². The summed E-state index contributed by atoms with van der Waals surface area (Å²) in [4.78, 5) is 12.6. The van der Waals surface area contributed by atoms with E-state index in [-0.39, 0.29) is 11.8 Å². The lowest BCUT2D eigenvalue weighted by atomic mass is 9.69. The molecule has 0 spiro atoms. The van der Waals surface area contributed by atoms with Crippen molar-refractivity contribution >= 4 is 15.9 Å². The van der Waals surface area contributed by atoms with Crippen molar-refractivity contribution in [2.75, 3.05) is 19.3 Å². The standard InChI is InChI=1S/C17H30N2O3S/c1-23(21,22)19-10-4-7-15(12-19)17(20)18-16-9-8-13-5-2-3-6-14(13)11-16/h13-16H,2-12H2,1H3,(H,18,20)/t13-,14+,15+,16-/m1/s1. The smallest absolute Gasteiger partial charge is 0.224 e. The minimum Gasteiger partial charge on any atom is -0.353 e. The molecule has 1 N–H and O–H groups in total. The molecular weight excluding hydrogens is 312 g/mol. The monoisotopic (exact) mass is 342 g/mol. The third kappa shape index (κ3) is 4.27. The van der Waals surface area contributed by atoms with Crippen molar-refractivity contribution in [2.45, 2.75) is 63.8 Å². The molecule has 0 aromatic carbocycles. The van der Waals surface area contributed by atoms with Gasteiger partial charge in [0.15, 0.2) is 0 Å². The predicted octanol–water partition coefficient (Wildman–Crippen LogP) is 2.13. The summed E-state index contributed by atoms with van der Waals surface area (Å²) in [5, 5.41) is 3.23. The molecule has 5 nitrogen and oxygen atoms in total. The fraction of sp³-hybridized carbons (Fsp3) is 0.941. The normalized spacial score (nSPS) is 36.2. The summed E-state index contributed by atoms with van der Waals surface area (Å²) in [6, 6.07) is 0.301. The maximum Gasteiger partial charge on any atom is 0.224 e. The topological polar surface area (TPSA) is 66.5 Å². The molecule has 132 valence electrons. The van der Waals surface area contributed by atoms with E-state index in [2.05, 4.69) is 5.32 Å². The predicted molar refractivity (Wildman–Crippen MR) is 90.4 cm³/mol. The Balaban J connectivity index is 1.52. The summed E-state index contributed by atoms with van der Waals surface area (Å²) in [5.74, 6) is 1.56. The Morgan fingerprint density at radius 2 is 1.74 bits per heavy atom. The molecule has 0 aromatic rings. The van der Waals surface area contributed by atoms with Gasteiger partial charge in [-0.2, -0.15) is 0 Å². The van der Waals surface area contributed by atoms with Gasteiger partial charge in [0.1, 0.15) is 0 Å². The van der Waals surface area contributed by atoms with Gasteiger partial charge in [-0.05, 0) is 43.9 Å². The number of hydrogen-bond donors (Lipinski definition) is 1. The number of carbonyl (C=O) groups is 1. The van der Waals surface area contributed by atoms with Crippen molar-refractivity contribution in [1.82, 2.24) is 9.62 Å². The number of sulfonamides is 1. The number of nitrogens with zero attached hydrogens (tertiary/aromatic N) is 1. The SMILES string of the molecule is CS(=O)(=O)N1CCC[C@H](C(=O)N[C@@H]2CC[C@H]3CCCC[C@H]3C2)C1. The molecule has 3 aliphatic rings. The minimum atomic E-state index is -3.19. The average molecular weight is 343 g/mol. The van der Waals surface area contributed by atoms with Gasteiger partial charge in [-0.1, -0.05) is 25.7 Å². The summed E-state index contributed by atoms with van der Waals surface area (Å²) in [6.07, 6.45) is 11.7. The Kier molecular flexibility index (Phi) is 5.31. The highest BCUT2D eigenvalue weighted by Crippen LogP contribution is 2.40. The Labute approximate surface area is 140 Å². The first-order valence-corrected chi connectivity index (χ1v) is 11.0. The number of hydrogen-bond acceptors (Lipinski definition) is 3. The first-order chi connectivity index (χ1) is 10.9. The number of amides is 1. The summed E-state index contributed by atoms with van der Waals surface area (Å²) in [5.41, 5.74) is 0. The van der Waals surface area contributed by atoms with Crippen LogP contribution in [0.1, 0.15) is 57.8 Å². The van der Waals surface area contributed by atoms with Crippen LogP contribution >= 0.6 is 0 Å². The Morgan fingerprint density at radius 3 is 2.48 bits per heavy atom. The van der Waals surface area contributed by atoms with Crippen LogP contribution in [0.4, 0.5) is 0 Å². The number of carbonyl (C=O) groups excluding carboxylic acids is 1. The Hall–Kier alpha value is -0.620. The summed E-state index contributed by atoms with van der Waals surface area (Å²) < 4.78 is 24.8. The zero-order valence-electron chi connectivity index (χ0n) is 14.2. The summed E-state index contributed by atoms with van der Waals surface area (Å²) in [7, 11) is -3.19. The molecule has 6 heteroatoms. The minimum absolute atomic E-state index is 0.0672. The molecule has 1 amide bonds. The molecular formula is C17H30N2O3S. The first kappa shape index (κ1) is 17.2. The van der Waals surface area contributed by atoms with E-state index in [1.54, 1.807) is 0 Å². The average Bonchev–Trinajstić information content (AvgIpc) is 2.54. The number of fused-ring (bicyclic) bond motifs is 1. The lowest BCUT2D eigenvalue weighted by molar-refractivity contribution is -0.127. The second-order valence-corrected chi connectivity index (χ2v) is 9.77. The largest absolute Gasteiger partial charge is 0.353 e. The Morgan fingerprint density at radius 1 is 1.00 bits per heavy atom. The maximum absolute atomic E-state index is 12.6. The van der Waals surface area contributed by atoms with E-state index >= 15 is 0 Å². The van der Waals surface area contributed by atoms with Crippen LogP contribution in [0.2, 0.25) is 0 Å². The fourth-order valence-corrected chi connectivity index (χ4v) is 5.69. The third-order valence-electron chi connectivity index (χ3n) is 6.11. The Bertz CT molecular complexity index is 534. The summed E-state index contributed by atoms with van der Waals surface area (Å²) in [6.45, 7) is 0.902. The molecule has 4 atom stereocenters. The molecule has 3 fully saturated rings. The van der Waals surface area contributed by atoms with Crippen LogP contribution in [0.3, 0.4) is 0 Å². The number of rotatable bonds is 3. The van der Waals surface area contributed by atoms with Crippen LogP contribution in [-0.2, 0) is 14.8 Å². The molecule has 23 heavy (non-hydrogen) atoms. The van der Waals surface area contributed by atoms with Gasteiger partial charge in [-0.25, -0.2) is 12.7 Å². The zero-order chi connectivity index (χ0) is 16.4. The van der Waals surface area contributed by atoms with Crippen molar-refractivity contribution in [1.29, 1.82) is 0 Å². The van der Waals surface area contributed by atoms with Crippen molar-refractivity contribution in [3.8, 4) is 0 Å². The molecule has 1 saturated heterocycles. The van der Waals surface area contributed by atoms with E-state index in [0.717, 1.165) is 37.5 Å². The lowest BCUT2D eigenvalue weighted by Crippen LogP contribution is -2.48. The molecule has 3 rings (SSSR count). The van der Waals surface area contributed by atoms with Crippen LogP contribution in [0.15, 0.2) is 0 Å². The van der Waals surface area contributed by atoms with Gasteiger partial charge in [0.05, 0.1) is 12.2 Å². The highest BCUT2D eigenvalue weighted by atomic mass is 32.2. The summed E-state index contributed by atoms with van der Waals surface area (Å²) >= 11 is 0. The van der Waals surface area contributed by atoms with E-state index in [1.165, 1.54) is 42.7 Å². The molecule has 2 aliphatic carbocycles. The van der Waals surface area contributed by atoms with Crippen LogP contribution in [0.5, 0.6) is 0 Å². The van der Waals surface area contributed by atoms with Crippen LogP contribution < -0.4 is 5.32 Å². The van der Waals surface area contributed by atoms with Crippen LogP contribution in [0, 0.1) is 17.8 Å². The molecule has 0 radical (unpaired) electrons. The highest BCUT2D eigenvalue weighted by molar-refractivity contribution is 7.88. The van der Waals surface area contributed by atoms with Gasteiger partial charge in [0, 0.05) is 19.1 Å². The van der Waals surface area contributed by atoms with Crippen LogP contribution in [0.25, 0.3) is 0 Å². The van der Waals surface area contributed by atoms with Gasteiger partial charge in [-0.3, -0.25) is 4.79 Å². The fourth-order valence-electron chi connectivity index (χ4n) is 4.78. The molecule has 0 bridgehead atoms. The molecule has 2 saturated carbocycles. The maximum atomic E-state index is 12.6. The molecule has 0 unspecified atom stereocenters. The first-order valence-electron chi connectivity index (χ1n) is 9.19. The van der Waals surface area contributed by atoms with E-state index in [4.69, 9.17) is 0 Å². The van der Waals surface area contributed by atoms with E-state index in [0.29, 0.717) is 19.1 Å². The van der Waals surface area contributed by atoms with Crippen LogP contribution in [-0.4, -0.2) is 44.0 Å². The van der Waals surface area contributed by atoms with Gasteiger partial charge in [0.25, 0.3) is 0 Å². The molecule has 1 aliphatic heterocycles. The molecule has 0 aromatic heterocycles. The molecule has 1 heterocycles. The number of nitrogens with one attached hydrogen (secondary N) is 1. The lowest BCUT2D eigenvalue weighted by Gasteiger charge is -2.40. The highest BCUT2D eigenvalue weighted by Gasteiger charge is 2.35. The van der Waals surface area contributed by atoms with Gasteiger partial charge < -0.3 is 5.32 Å². The second kappa shape index (κ2) is 7.09.